The first-order chi connectivity index (χ1) is 11.2. The Morgan fingerprint density at radius 1 is 1.17 bits per heavy atom. The molecule has 0 saturated carbocycles. The molecule has 0 N–H and O–H groups in total. The van der Waals surface area contributed by atoms with E-state index in [-0.39, 0.29) is 6.09 Å². The molecule has 0 atom stereocenters. The fourth-order valence-corrected chi connectivity index (χ4v) is 2.95. The predicted molar refractivity (Wildman–Crippen MR) is 89.4 cm³/mol. The molecule has 3 rings (SSSR count). The lowest BCUT2D eigenvalue weighted by molar-refractivity contribution is 0.0870. The van der Waals surface area contributed by atoms with Gasteiger partial charge in [0.2, 0.25) is 0 Å². The molecule has 0 aliphatic carbocycles. The number of halogens is 1. The first-order valence-corrected chi connectivity index (χ1v) is 8.17. The minimum atomic E-state index is -0.235. The van der Waals surface area contributed by atoms with Gasteiger partial charge in [0.1, 0.15) is 11.8 Å². The zero-order valence-corrected chi connectivity index (χ0v) is 13.6. The number of likely N-dealkylation sites (tertiary alicyclic amines) is 1. The Morgan fingerprint density at radius 3 is 2.57 bits per heavy atom. The summed E-state index contributed by atoms with van der Waals surface area (Å²) in [6.07, 6.45) is 3.44. The van der Waals surface area contributed by atoms with E-state index in [0.717, 1.165) is 18.4 Å². The van der Waals surface area contributed by atoms with E-state index in [1.165, 1.54) is 5.56 Å². The maximum absolute atomic E-state index is 12.1. The van der Waals surface area contributed by atoms with Crippen molar-refractivity contribution >= 4 is 17.7 Å². The summed E-state index contributed by atoms with van der Waals surface area (Å²) in [5.41, 5.74) is 2.19. The largest absolute Gasteiger partial charge is 0.445 e. The van der Waals surface area contributed by atoms with Gasteiger partial charge < -0.3 is 9.64 Å². The highest BCUT2D eigenvalue weighted by molar-refractivity contribution is 6.29. The minimum Gasteiger partial charge on any atom is -0.445 e. The van der Waals surface area contributed by atoms with Gasteiger partial charge in [-0.25, -0.2) is 9.78 Å². The quantitative estimate of drug-likeness (QED) is 0.790. The standard InChI is InChI=1S/C18H19ClN2O2/c19-17-7-6-16(12-20-17)15-8-10-21(11-9-15)18(22)23-13-14-4-2-1-3-5-14/h1-7,12,15H,8-11,13H2. The normalized spacial score (nSPS) is 15.4. The van der Waals surface area contributed by atoms with Crippen LogP contribution in [0.4, 0.5) is 4.79 Å². The van der Waals surface area contributed by atoms with Gasteiger partial charge in [0, 0.05) is 19.3 Å². The summed E-state index contributed by atoms with van der Waals surface area (Å²) < 4.78 is 5.38. The van der Waals surface area contributed by atoms with E-state index >= 15 is 0 Å². The van der Waals surface area contributed by atoms with Crippen LogP contribution in [-0.2, 0) is 11.3 Å². The van der Waals surface area contributed by atoms with E-state index in [2.05, 4.69) is 4.98 Å². The maximum Gasteiger partial charge on any atom is 0.410 e. The number of piperidine rings is 1. The fraction of sp³-hybridized carbons (Fsp3) is 0.333. The molecule has 5 heteroatoms. The van der Waals surface area contributed by atoms with E-state index in [0.29, 0.717) is 30.8 Å². The van der Waals surface area contributed by atoms with Crippen molar-refractivity contribution in [3.8, 4) is 0 Å². The molecule has 0 unspecified atom stereocenters. The number of aromatic nitrogens is 1. The monoisotopic (exact) mass is 330 g/mol. The minimum absolute atomic E-state index is 0.235. The predicted octanol–water partition coefficient (Wildman–Crippen LogP) is 4.25. The van der Waals surface area contributed by atoms with Gasteiger partial charge in [0.05, 0.1) is 0 Å². The highest BCUT2D eigenvalue weighted by atomic mass is 35.5. The van der Waals surface area contributed by atoms with Gasteiger partial charge in [-0.2, -0.15) is 0 Å². The molecule has 120 valence electrons. The van der Waals surface area contributed by atoms with E-state index in [1.807, 2.05) is 48.7 Å². The third-order valence-electron chi connectivity index (χ3n) is 4.18. The molecule has 1 aromatic carbocycles. The number of carbonyl (C=O) groups is 1. The summed E-state index contributed by atoms with van der Waals surface area (Å²) in [5, 5.41) is 0.510. The maximum atomic E-state index is 12.1. The van der Waals surface area contributed by atoms with Crippen LogP contribution in [-0.4, -0.2) is 29.1 Å². The number of ether oxygens (including phenoxy) is 1. The summed E-state index contributed by atoms with van der Waals surface area (Å²) in [5.74, 6) is 0.429. The van der Waals surface area contributed by atoms with Gasteiger partial charge >= 0.3 is 6.09 Å². The molecular weight excluding hydrogens is 312 g/mol. The van der Waals surface area contributed by atoms with Gasteiger partial charge in [-0.1, -0.05) is 48.0 Å². The van der Waals surface area contributed by atoms with Crippen molar-refractivity contribution < 1.29 is 9.53 Å². The number of carbonyl (C=O) groups excluding carboxylic acids is 1. The van der Waals surface area contributed by atoms with E-state index in [1.54, 1.807) is 4.90 Å². The van der Waals surface area contributed by atoms with Crippen LogP contribution in [0.25, 0.3) is 0 Å². The van der Waals surface area contributed by atoms with Crippen molar-refractivity contribution in [2.24, 2.45) is 0 Å². The average molecular weight is 331 g/mol. The Kier molecular flexibility index (Phi) is 5.13. The van der Waals surface area contributed by atoms with E-state index in [4.69, 9.17) is 16.3 Å². The lowest BCUT2D eigenvalue weighted by Gasteiger charge is -2.31. The third kappa shape index (κ3) is 4.23. The average Bonchev–Trinajstić information content (AvgIpc) is 2.61. The zero-order chi connectivity index (χ0) is 16.1. The number of pyridine rings is 1. The SMILES string of the molecule is O=C(OCc1ccccc1)N1CCC(c2ccc(Cl)nc2)CC1. The molecule has 1 saturated heterocycles. The molecule has 2 aromatic rings. The molecule has 1 amide bonds. The Hall–Kier alpha value is -2.07. The molecule has 1 aromatic heterocycles. The van der Waals surface area contributed by atoms with Crippen molar-refractivity contribution in [1.82, 2.24) is 9.88 Å². The highest BCUT2D eigenvalue weighted by Gasteiger charge is 2.24. The number of benzene rings is 1. The molecule has 1 aliphatic rings. The van der Waals surface area contributed by atoms with E-state index < -0.39 is 0 Å². The molecule has 0 bridgehead atoms. The molecule has 0 spiro atoms. The van der Waals surface area contributed by atoms with Crippen LogP contribution in [0.2, 0.25) is 5.15 Å². The number of amides is 1. The van der Waals surface area contributed by atoms with Crippen molar-refractivity contribution in [2.75, 3.05) is 13.1 Å². The van der Waals surface area contributed by atoms with Gasteiger partial charge in [0.15, 0.2) is 0 Å². The first-order valence-electron chi connectivity index (χ1n) is 7.79. The van der Waals surface area contributed by atoms with Crippen LogP contribution >= 0.6 is 11.6 Å². The van der Waals surface area contributed by atoms with Crippen LogP contribution in [0.3, 0.4) is 0 Å². The number of hydrogen-bond donors (Lipinski definition) is 0. The molecule has 0 radical (unpaired) electrons. The Bertz CT molecular complexity index is 638. The second-order valence-corrected chi connectivity index (χ2v) is 6.10. The number of nitrogens with zero attached hydrogens (tertiary/aromatic N) is 2. The van der Waals surface area contributed by atoms with Crippen LogP contribution in [0.1, 0.15) is 29.9 Å². The second kappa shape index (κ2) is 7.47. The molecule has 1 aliphatic heterocycles. The van der Waals surface area contributed by atoms with Crippen molar-refractivity contribution in [2.45, 2.75) is 25.4 Å². The summed E-state index contributed by atoms with van der Waals surface area (Å²) in [6, 6.07) is 13.6. The van der Waals surface area contributed by atoms with Crippen molar-refractivity contribution in [1.29, 1.82) is 0 Å². The Balaban J connectivity index is 1.48. The van der Waals surface area contributed by atoms with Gasteiger partial charge in [-0.3, -0.25) is 0 Å². The van der Waals surface area contributed by atoms with Crippen LogP contribution in [0.5, 0.6) is 0 Å². The van der Waals surface area contributed by atoms with Crippen LogP contribution in [0, 0.1) is 0 Å². The summed E-state index contributed by atoms with van der Waals surface area (Å²) in [4.78, 5) is 18.0. The summed E-state index contributed by atoms with van der Waals surface area (Å²) in [7, 11) is 0. The Labute approximate surface area is 141 Å². The molecule has 4 nitrogen and oxygen atoms in total. The lowest BCUT2D eigenvalue weighted by Crippen LogP contribution is -2.38. The second-order valence-electron chi connectivity index (χ2n) is 5.72. The van der Waals surface area contributed by atoms with Gasteiger partial charge in [0.25, 0.3) is 0 Å². The smallest absolute Gasteiger partial charge is 0.410 e. The zero-order valence-electron chi connectivity index (χ0n) is 12.8. The fourth-order valence-electron chi connectivity index (χ4n) is 2.83. The van der Waals surface area contributed by atoms with Crippen molar-refractivity contribution in [3.63, 3.8) is 0 Å². The van der Waals surface area contributed by atoms with Crippen molar-refractivity contribution in [3.05, 3.63) is 64.9 Å². The molecular formula is C18H19ClN2O2. The third-order valence-corrected chi connectivity index (χ3v) is 4.40. The summed E-state index contributed by atoms with van der Waals surface area (Å²) >= 11 is 5.82. The first kappa shape index (κ1) is 15.8. The van der Waals surface area contributed by atoms with Gasteiger partial charge in [-0.15, -0.1) is 0 Å². The molecule has 1 fully saturated rings. The highest BCUT2D eigenvalue weighted by Crippen LogP contribution is 2.28. The number of hydrogen-bond acceptors (Lipinski definition) is 3. The van der Waals surface area contributed by atoms with Gasteiger partial charge in [-0.05, 0) is 36.0 Å². The Morgan fingerprint density at radius 2 is 1.91 bits per heavy atom. The van der Waals surface area contributed by atoms with Crippen LogP contribution in [0.15, 0.2) is 48.7 Å². The van der Waals surface area contributed by atoms with E-state index in [9.17, 15) is 4.79 Å². The topological polar surface area (TPSA) is 42.4 Å². The lowest BCUT2D eigenvalue weighted by atomic mass is 9.91. The number of rotatable bonds is 3. The molecule has 23 heavy (non-hydrogen) atoms. The summed E-state index contributed by atoms with van der Waals surface area (Å²) in [6.45, 7) is 1.74. The van der Waals surface area contributed by atoms with Crippen LogP contribution < -0.4 is 0 Å². The molecule has 2 heterocycles.